The van der Waals surface area contributed by atoms with Crippen LogP contribution in [0.3, 0.4) is 0 Å². The molecular formula is C25H31BrN2O. The molecule has 3 nitrogen and oxygen atoms in total. The summed E-state index contributed by atoms with van der Waals surface area (Å²) in [5, 5.41) is 5.88. The highest BCUT2D eigenvalue weighted by Gasteiger charge is 2.11. The van der Waals surface area contributed by atoms with E-state index in [1.165, 1.54) is 25.7 Å². The van der Waals surface area contributed by atoms with E-state index in [1.807, 2.05) is 29.9 Å². The lowest BCUT2D eigenvalue weighted by atomic mass is 10.00. The molecule has 0 saturated heterocycles. The maximum absolute atomic E-state index is 6.01. The van der Waals surface area contributed by atoms with Gasteiger partial charge in [0.1, 0.15) is 11.4 Å². The molecule has 154 valence electrons. The van der Waals surface area contributed by atoms with E-state index >= 15 is 0 Å². The van der Waals surface area contributed by atoms with Crippen molar-refractivity contribution in [1.82, 2.24) is 9.78 Å². The number of hydrogen-bond acceptors (Lipinski definition) is 2. The summed E-state index contributed by atoms with van der Waals surface area (Å²) in [6.07, 6.45) is 9.36. The number of allylic oxidation sites excluding steroid dienone is 1. The molecule has 2 aromatic carbocycles. The van der Waals surface area contributed by atoms with Gasteiger partial charge in [-0.15, -0.1) is 6.58 Å². The molecule has 0 fully saturated rings. The Hall–Kier alpha value is -2.07. The van der Waals surface area contributed by atoms with Gasteiger partial charge in [-0.05, 0) is 43.0 Å². The third kappa shape index (κ3) is 5.96. The fourth-order valence-electron chi connectivity index (χ4n) is 3.69. The van der Waals surface area contributed by atoms with Crippen LogP contribution in [0.1, 0.15) is 45.4 Å². The van der Waals surface area contributed by atoms with Crippen LogP contribution in [-0.2, 0) is 7.05 Å². The SMILES string of the molecule is C=CCC(C)CCCCCCOc1ccc2c(-c3ccc(Br)cc3)nn(C)c2c1. The molecule has 3 aromatic rings. The summed E-state index contributed by atoms with van der Waals surface area (Å²) in [6, 6.07) is 14.6. The van der Waals surface area contributed by atoms with Gasteiger partial charge in [0.15, 0.2) is 0 Å². The second-order valence-corrected chi connectivity index (χ2v) is 8.75. The van der Waals surface area contributed by atoms with E-state index in [-0.39, 0.29) is 0 Å². The number of hydrogen-bond donors (Lipinski definition) is 0. The third-order valence-corrected chi connectivity index (χ3v) is 5.90. The minimum Gasteiger partial charge on any atom is -0.494 e. The zero-order chi connectivity index (χ0) is 20.6. The topological polar surface area (TPSA) is 27.1 Å². The van der Waals surface area contributed by atoms with Crippen molar-refractivity contribution in [1.29, 1.82) is 0 Å². The number of halogens is 1. The largest absolute Gasteiger partial charge is 0.494 e. The quantitative estimate of drug-likeness (QED) is 0.221. The summed E-state index contributed by atoms with van der Waals surface area (Å²) in [7, 11) is 1.99. The second-order valence-electron chi connectivity index (χ2n) is 7.84. The van der Waals surface area contributed by atoms with Gasteiger partial charge in [-0.25, -0.2) is 0 Å². The summed E-state index contributed by atoms with van der Waals surface area (Å²) in [6.45, 7) is 6.89. The van der Waals surface area contributed by atoms with Crippen molar-refractivity contribution in [2.75, 3.05) is 6.61 Å². The van der Waals surface area contributed by atoms with Gasteiger partial charge in [0, 0.05) is 28.5 Å². The number of unbranched alkanes of at least 4 members (excludes halogenated alkanes) is 3. The molecule has 0 aliphatic carbocycles. The zero-order valence-corrected chi connectivity index (χ0v) is 19.1. The van der Waals surface area contributed by atoms with Crippen molar-refractivity contribution in [3.05, 3.63) is 59.6 Å². The Morgan fingerprint density at radius 3 is 2.62 bits per heavy atom. The maximum Gasteiger partial charge on any atom is 0.121 e. The molecule has 0 bridgehead atoms. The lowest BCUT2D eigenvalue weighted by molar-refractivity contribution is 0.304. The molecule has 1 unspecified atom stereocenters. The smallest absolute Gasteiger partial charge is 0.121 e. The summed E-state index contributed by atoms with van der Waals surface area (Å²) < 4.78 is 9.01. The highest BCUT2D eigenvalue weighted by molar-refractivity contribution is 9.10. The van der Waals surface area contributed by atoms with Crippen LogP contribution in [0.25, 0.3) is 22.2 Å². The molecule has 29 heavy (non-hydrogen) atoms. The molecule has 0 aliphatic heterocycles. The summed E-state index contributed by atoms with van der Waals surface area (Å²) in [5.74, 6) is 1.68. The Morgan fingerprint density at radius 2 is 1.86 bits per heavy atom. The highest BCUT2D eigenvalue weighted by atomic mass is 79.9. The normalized spacial score (nSPS) is 12.2. The Balaban J connectivity index is 1.52. The average Bonchev–Trinajstić information content (AvgIpc) is 3.04. The average molecular weight is 455 g/mol. The van der Waals surface area contributed by atoms with Crippen LogP contribution in [0.4, 0.5) is 0 Å². The molecule has 1 heterocycles. The molecule has 1 atom stereocenters. The van der Waals surface area contributed by atoms with E-state index in [9.17, 15) is 0 Å². The van der Waals surface area contributed by atoms with Crippen LogP contribution in [0.5, 0.6) is 5.75 Å². The first-order chi connectivity index (χ1) is 14.1. The van der Waals surface area contributed by atoms with Crippen molar-refractivity contribution >= 4 is 26.8 Å². The third-order valence-electron chi connectivity index (χ3n) is 5.37. The summed E-state index contributed by atoms with van der Waals surface area (Å²) in [4.78, 5) is 0. The highest BCUT2D eigenvalue weighted by Crippen LogP contribution is 2.31. The van der Waals surface area contributed by atoms with Gasteiger partial charge >= 0.3 is 0 Å². The molecule has 0 amide bonds. The van der Waals surface area contributed by atoms with Crippen molar-refractivity contribution < 1.29 is 4.74 Å². The summed E-state index contributed by atoms with van der Waals surface area (Å²) in [5.41, 5.74) is 3.22. The molecule has 0 saturated carbocycles. The number of ether oxygens (including phenoxy) is 1. The van der Waals surface area contributed by atoms with E-state index in [1.54, 1.807) is 0 Å². The number of fused-ring (bicyclic) bond motifs is 1. The molecule has 0 spiro atoms. The van der Waals surface area contributed by atoms with E-state index in [4.69, 9.17) is 9.84 Å². The van der Waals surface area contributed by atoms with Gasteiger partial charge < -0.3 is 4.74 Å². The first-order valence-electron chi connectivity index (χ1n) is 10.5. The lowest BCUT2D eigenvalue weighted by Crippen LogP contribution is -1.98. The predicted octanol–water partition coefficient (Wildman–Crippen LogP) is 7.54. The van der Waals surface area contributed by atoms with Crippen molar-refractivity contribution in [2.24, 2.45) is 13.0 Å². The number of nitrogens with zero attached hydrogens (tertiary/aromatic N) is 2. The van der Waals surface area contributed by atoms with E-state index in [2.05, 4.69) is 59.8 Å². The Morgan fingerprint density at radius 1 is 1.10 bits per heavy atom. The van der Waals surface area contributed by atoms with Crippen LogP contribution in [-0.4, -0.2) is 16.4 Å². The summed E-state index contributed by atoms with van der Waals surface area (Å²) >= 11 is 3.49. The van der Waals surface area contributed by atoms with Crippen LogP contribution in [0, 0.1) is 5.92 Å². The monoisotopic (exact) mass is 454 g/mol. The number of aryl methyl sites for hydroxylation is 1. The van der Waals surface area contributed by atoms with Gasteiger partial charge in [-0.1, -0.05) is 66.7 Å². The first-order valence-corrected chi connectivity index (χ1v) is 11.3. The van der Waals surface area contributed by atoms with Crippen LogP contribution in [0.15, 0.2) is 59.6 Å². The molecule has 4 heteroatoms. The molecule has 0 radical (unpaired) electrons. The fraction of sp³-hybridized carbons (Fsp3) is 0.400. The van der Waals surface area contributed by atoms with Crippen LogP contribution in [0.2, 0.25) is 0 Å². The van der Waals surface area contributed by atoms with Gasteiger partial charge in [-0.2, -0.15) is 5.10 Å². The molecule has 0 N–H and O–H groups in total. The van der Waals surface area contributed by atoms with Gasteiger partial charge in [0.25, 0.3) is 0 Å². The fourth-order valence-corrected chi connectivity index (χ4v) is 3.95. The zero-order valence-electron chi connectivity index (χ0n) is 17.5. The Kier molecular flexibility index (Phi) is 7.93. The van der Waals surface area contributed by atoms with Crippen LogP contribution < -0.4 is 4.74 Å². The van der Waals surface area contributed by atoms with Crippen molar-refractivity contribution in [3.63, 3.8) is 0 Å². The minimum absolute atomic E-state index is 0.761. The Labute approximate surface area is 182 Å². The minimum atomic E-state index is 0.761. The Bertz CT molecular complexity index is 930. The van der Waals surface area contributed by atoms with Crippen molar-refractivity contribution in [2.45, 2.75) is 45.4 Å². The molecule has 3 rings (SSSR count). The second kappa shape index (κ2) is 10.6. The lowest BCUT2D eigenvalue weighted by Gasteiger charge is -2.09. The number of rotatable bonds is 11. The molecule has 1 aromatic heterocycles. The van der Waals surface area contributed by atoms with Gasteiger partial charge in [-0.3, -0.25) is 4.68 Å². The molecule has 0 aliphatic rings. The van der Waals surface area contributed by atoms with Crippen molar-refractivity contribution in [3.8, 4) is 17.0 Å². The molecular weight excluding hydrogens is 424 g/mol. The number of benzene rings is 2. The predicted molar refractivity (Wildman–Crippen MR) is 126 cm³/mol. The van der Waals surface area contributed by atoms with E-state index in [0.717, 1.165) is 57.7 Å². The first kappa shape index (κ1) is 21.6. The van der Waals surface area contributed by atoms with E-state index in [0.29, 0.717) is 0 Å². The number of aromatic nitrogens is 2. The van der Waals surface area contributed by atoms with Gasteiger partial charge in [0.2, 0.25) is 0 Å². The van der Waals surface area contributed by atoms with E-state index < -0.39 is 0 Å². The van der Waals surface area contributed by atoms with Gasteiger partial charge in [0.05, 0.1) is 12.1 Å². The maximum atomic E-state index is 6.01. The van der Waals surface area contributed by atoms with Crippen LogP contribution >= 0.6 is 15.9 Å². The standard InChI is InChI=1S/C25H31BrN2O/c1-4-9-19(2)10-7-5-6-8-17-29-22-15-16-23-24(18-22)28(3)27-25(23)20-11-13-21(26)14-12-20/h4,11-16,18-19H,1,5-10,17H2,2-3H3.